The van der Waals surface area contributed by atoms with E-state index in [1.165, 1.54) is 0 Å². The summed E-state index contributed by atoms with van der Waals surface area (Å²) in [5.74, 6) is -1.02. The van der Waals surface area contributed by atoms with Crippen molar-refractivity contribution in [3.63, 3.8) is 0 Å². The molecule has 3 N–H and O–H groups in total. The van der Waals surface area contributed by atoms with Gasteiger partial charge in [0.05, 0.1) is 6.54 Å². The molecule has 0 aromatic rings. The van der Waals surface area contributed by atoms with Crippen molar-refractivity contribution in [3.05, 3.63) is 0 Å². The molecule has 0 bridgehead atoms. The van der Waals surface area contributed by atoms with Crippen molar-refractivity contribution in [1.29, 1.82) is 0 Å². The molecule has 0 radical (unpaired) electrons. The van der Waals surface area contributed by atoms with Gasteiger partial charge in [0.2, 0.25) is 0 Å². The molecule has 0 heterocycles. The van der Waals surface area contributed by atoms with Crippen molar-refractivity contribution in [3.8, 4) is 0 Å². The summed E-state index contributed by atoms with van der Waals surface area (Å²) in [6.07, 6.45) is 0.0694. The largest absolute Gasteiger partial charge is 1.00 e. The van der Waals surface area contributed by atoms with E-state index < -0.39 is 16.2 Å². The molecule has 0 fully saturated rings. The van der Waals surface area contributed by atoms with Crippen molar-refractivity contribution in [1.82, 2.24) is 0 Å². The van der Waals surface area contributed by atoms with E-state index in [-0.39, 0.29) is 25.3 Å². The second kappa shape index (κ2) is 9.25. The van der Waals surface area contributed by atoms with E-state index >= 15 is 0 Å². The van der Waals surface area contributed by atoms with Crippen LogP contribution >= 0.6 is 0 Å². The molecular weight excluding hydrogens is 188 g/mol. The average molecular weight is 195 g/mol. The topological polar surface area (TPSA) is 160 Å². The zero-order valence-corrected chi connectivity index (χ0v) is 7.20. The summed E-state index contributed by atoms with van der Waals surface area (Å²) >= 11 is 0. The maximum absolute atomic E-state index is 9.45. The third kappa shape index (κ3) is 85.4. The Morgan fingerprint density at radius 2 is 1.50 bits per heavy atom. The fraction of sp³-hybridized carbons (Fsp3) is 0.667. The van der Waals surface area contributed by atoms with Gasteiger partial charge in [-0.1, -0.05) is 0 Å². The van der Waals surface area contributed by atoms with Gasteiger partial charge >= 0.3 is 18.9 Å². The quantitative estimate of drug-likeness (QED) is 0.430. The van der Waals surface area contributed by atoms with Crippen LogP contribution in [0.15, 0.2) is 0 Å². The van der Waals surface area contributed by atoms with Crippen LogP contribution in [0.2, 0.25) is 0 Å². The van der Waals surface area contributed by atoms with Crippen molar-refractivity contribution < 1.29 is 63.4 Å². The summed E-state index contributed by atoms with van der Waals surface area (Å²) in [6.45, 7) is 0.419. The molecule has 0 atom stereocenters. The van der Waals surface area contributed by atoms with E-state index in [1.54, 1.807) is 0 Å². The number of carboxylic acid groups (broad SMARTS) is 1. The summed E-state index contributed by atoms with van der Waals surface area (Å²) < 4.78 is 34.0. The monoisotopic (exact) mass is 195 g/mol. The Kier molecular flexibility index (Phi) is 13.9. The SMILES string of the molecule is [Li+].[NH3+]CCC(=O)[O-].[O-][Cl+3]([O-])([O-])[O-]. The maximum Gasteiger partial charge on any atom is 1.00 e. The van der Waals surface area contributed by atoms with Crippen molar-refractivity contribution in [2.45, 2.75) is 6.42 Å². The fourth-order valence-electron chi connectivity index (χ4n) is 0.144. The maximum atomic E-state index is 9.45. The van der Waals surface area contributed by atoms with Crippen LogP contribution in [0, 0.1) is 10.2 Å². The molecule has 0 spiro atoms. The van der Waals surface area contributed by atoms with Gasteiger partial charge in [0.1, 0.15) is 0 Å². The number of carboxylic acids is 1. The van der Waals surface area contributed by atoms with Gasteiger partial charge in [-0.3, -0.25) is 0 Å². The smallest absolute Gasteiger partial charge is 0.550 e. The van der Waals surface area contributed by atoms with Crippen LogP contribution in [0.25, 0.3) is 0 Å². The summed E-state index contributed by atoms with van der Waals surface area (Å²) in [5.41, 5.74) is 3.30. The van der Waals surface area contributed by atoms with Crippen molar-refractivity contribution in [2.75, 3.05) is 6.54 Å². The van der Waals surface area contributed by atoms with E-state index in [1.807, 2.05) is 0 Å². The minimum atomic E-state index is -4.94. The molecule has 68 valence electrons. The molecule has 12 heavy (non-hydrogen) atoms. The zero-order chi connectivity index (χ0) is 9.49. The minimum Gasteiger partial charge on any atom is -0.550 e. The zero-order valence-electron chi connectivity index (χ0n) is 6.45. The molecule has 7 nitrogen and oxygen atoms in total. The molecule has 0 saturated carbocycles. The van der Waals surface area contributed by atoms with E-state index in [0.717, 1.165) is 0 Å². The van der Waals surface area contributed by atoms with Crippen LogP contribution in [-0.4, -0.2) is 12.5 Å². The average Bonchev–Trinajstić information content (AvgIpc) is 1.58. The van der Waals surface area contributed by atoms with E-state index in [9.17, 15) is 9.90 Å². The number of hydrogen-bond donors (Lipinski definition) is 1. The van der Waals surface area contributed by atoms with Gasteiger partial charge < -0.3 is 15.6 Å². The standard InChI is InChI=1S/C3H7NO2.ClHO4.Li/c4-2-1-3(5)6;2-1(3,4)5;/h1-2,4H2,(H,5,6);(H,2,3,4,5);/q;;+1/p-1. The molecule has 0 aliphatic rings. The first-order chi connectivity index (χ1) is 4.77. The molecule has 0 saturated heterocycles. The molecule has 0 aromatic heterocycles. The molecular formula is C3H7ClLiNO6. The molecule has 0 amide bonds. The van der Waals surface area contributed by atoms with Gasteiger partial charge in [-0.2, -0.15) is 0 Å². The molecule has 0 aromatic carbocycles. The van der Waals surface area contributed by atoms with Crippen LogP contribution in [0.4, 0.5) is 0 Å². The molecule has 0 aliphatic heterocycles. The van der Waals surface area contributed by atoms with Gasteiger partial charge in [0.25, 0.3) is 0 Å². The van der Waals surface area contributed by atoms with Crippen molar-refractivity contribution in [2.24, 2.45) is 0 Å². The normalized spacial score (nSPS) is 9.08. The van der Waals surface area contributed by atoms with Gasteiger partial charge in [-0.15, -0.1) is 10.2 Å². The second-order valence-corrected chi connectivity index (χ2v) is 2.11. The molecule has 0 rings (SSSR count). The van der Waals surface area contributed by atoms with E-state index in [0.29, 0.717) is 6.54 Å². The summed E-state index contributed by atoms with van der Waals surface area (Å²) in [6, 6.07) is 0. The molecule has 0 unspecified atom stereocenters. The summed E-state index contributed by atoms with van der Waals surface area (Å²) in [5, 5.41) is 9.45. The van der Waals surface area contributed by atoms with Crippen LogP contribution in [0.1, 0.15) is 6.42 Å². The molecule has 0 aliphatic carbocycles. The Labute approximate surface area is 82.7 Å². The van der Waals surface area contributed by atoms with Crippen LogP contribution in [0.3, 0.4) is 0 Å². The van der Waals surface area contributed by atoms with Gasteiger partial charge in [-0.25, -0.2) is 18.6 Å². The number of quaternary nitrogens is 1. The van der Waals surface area contributed by atoms with Gasteiger partial charge in [0, 0.05) is 12.4 Å². The van der Waals surface area contributed by atoms with E-state index in [2.05, 4.69) is 5.73 Å². The van der Waals surface area contributed by atoms with Crippen molar-refractivity contribution >= 4 is 5.97 Å². The third-order valence-corrected chi connectivity index (χ3v) is 0.381. The predicted molar refractivity (Wildman–Crippen MR) is 17.4 cm³/mol. The second-order valence-electron chi connectivity index (χ2n) is 1.35. The Bertz CT molecular complexity index is 110. The minimum absolute atomic E-state index is 0. The van der Waals surface area contributed by atoms with Gasteiger partial charge in [-0.05, 0) is 0 Å². The Morgan fingerprint density at radius 1 is 1.25 bits per heavy atom. The number of carbonyl (C=O) groups excluding carboxylic acids is 1. The number of halogens is 1. The Morgan fingerprint density at radius 3 is 1.50 bits per heavy atom. The van der Waals surface area contributed by atoms with E-state index in [4.69, 9.17) is 18.6 Å². The number of rotatable bonds is 2. The summed E-state index contributed by atoms with van der Waals surface area (Å²) in [4.78, 5) is 9.45. The first kappa shape index (κ1) is 18.0. The third-order valence-electron chi connectivity index (χ3n) is 0.381. The predicted octanol–water partition coefficient (Wildman–Crippen LogP) is -10.4. The first-order valence-corrected chi connectivity index (χ1v) is 3.61. The first-order valence-electron chi connectivity index (χ1n) is 2.38. The number of aliphatic carboxylic acids is 1. The van der Waals surface area contributed by atoms with Crippen LogP contribution in [0.5, 0.6) is 0 Å². The van der Waals surface area contributed by atoms with Crippen LogP contribution < -0.4 is 48.3 Å². The summed E-state index contributed by atoms with van der Waals surface area (Å²) in [7, 11) is -4.94. The Balaban J connectivity index is -0.000000126. The van der Waals surface area contributed by atoms with Crippen LogP contribution in [-0.2, 0) is 4.79 Å². The fourth-order valence-corrected chi connectivity index (χ4v) is 0.144. The molecule has 9 heteroatoms. The Hall–Kier alpha value is 0.157. The number of carbonyl (C=O) groups is 1. The van der Waals surface area contributed by atoms with Gasteiger partial charge in [0.15, 0.2) is 0 Å². The number of hydrogen-bond acceptors (Lipinski definition) is 6.